The summed E-state index contributed by atoms with van der Waals surface area (Å²) in [5, 5.41) is 20.2. The number of aromatic nitrogens is 2. The Morgan fingerprint density at radius 2 is 1.88 bits per heavy atom. The maximum atomic E-state index is 13.5. The molecule has 1 aromatic carbocycles. The van der Waals surface area contributed by atoms with Crippen molar-refractivity contribution in [1.29, 1.82) is 0 Å². The Kier molecular flexibility index (Phi) is 7.35. The zero-order chi connectivity index (χ0) is 25.3. The van der Waals surface area contributed by atoms with E-state index in [0.29, 0.717) is 26.1 Å². The third kappa shape index (κ3) is 5.23. The van der Waals surface area contributed by atoms with E-state index >= 15 is 0 Å². The van der Waals surface area contributed by atoms with Gasteiger partial charge in [0.1, 0.15) is 0 Å². The van der Waals surface area contributed by atoms with Gasteiger partial charge in [-0.3, -0.25) is 4.79 Å². The summed E-state index contributed by atoms with van der Waals surface area (Å²) in [4.78, 5) is 20.9. The SMILES string of the molecule is [B]C([B])([B])c1ccc(C(O)(CO)C(F)(F)F)cc1-c1cnc(N)c(C(=O)NC2CCOCC2)n1. The first-order valence-electron chi connectivity index (χ1n) is 10.2. The molecule has 1 amide bonds. The molecule has 8 nitrogen and oxygen atoms in total. The number of hydrogen-bond acceptors (Lipinski definition) is 7. The second-order valence-corrected chi connectivity index (χ2v) is 8.06. The number of nitrogens with zero attached hydrogens (tertiary/aromatic N) is 2. The number of halogens is 3. The van der Waals surface area contributed by atoms with Gasteiger partial charge >= 0.3 is 6.18 Å². The minimum Gasteiger partial charge on any atom is -0.393 e. The van der Waals surface area contributed by atoms with Crippen LogP contribution in [0.25, 0.3) is 11.3 Å². The van der Waals surface area contributed by atoms with E-state index in [0.717, 1.165) is 24.4 Å². The molecule has 14 heteroatoms. The minimum absolute atomic E-state index is 0.0615. The van der Waals surface area contributed by atoms with E-state index in [1.165, 1.54) is 0 Å². The summed E-state index contributed by atoms with van der Waals surface area (Å²) in [6, 6.07) is 2.64. The Bertz CT molecular complexity index is 1060. The average molecular weight is 470 g/mol. The number of amides is 1. The van der Waals surface area contributed by atoms with E-state index in [9.17, 15) is 28.2 Å². The van der Waals surface area contributed by atoms with Crippen LogP contribution in [0.2, 0.25) is 0 Å². The van der Waals surface area contributed by atoms with Crippen LogP contribution in [-0.4, -0.2) is 81.7 Å². The van der Waals surface area contributed by atoms with Crippen molar-refractivity contribution in [3.05, 3.63) is 41.2 Å². The molecule has 1 fully saturated rings. The smallest absolute Gasteiger partial charge is 0.393 e. The lowest BCUT2D eigenvalue weighted by Crippen LogP contribution is -2.45. The summed E-state index contributed by atoms with van der Waals surface area (Å²) in [6.45, 7) is -0.706. The topological polar surface area (TPSA) is 131 Å². The Morgan fingerprint density at radius 3 is 2.44 bits per heavy atom. The van der Waals surface area contributed by atoms with Crippen molar-refractivity contribution in [2.75, 3.05) is 25.6 Å². The largest absolute Gasteiger partial charge is 0.423 e. The number of rotatable bonds is 6. The molecular formula is C20H20B3F3N4O4. The first-order chi connectivity index (χ1) is 15.8. The summed E-state index contributed by atoms with van der Waals surface area (Å²) < 4.78 is 45.8. The van der Waals surface area contributed by atoms with Crippen molar-refractivity contribution < 1.29 is 32.9 Å². The highest BCUT2D eigenvalue weighted by molar-refractivity contribution is 6.59. The van der Waals surface area contributed by atoms with Gasteiger partial charge in [-0.05, 0) is 24.5 Å². The molecule has 0 saturated carbocycles. The van der Waals surface area contributed by atoms with Gasteiger partial charge in [-0.25, -0.2) is 9.97 Å². The number of anilines is 1. The summed E-state index contributed by atoms with van der Waals surface area (Å²) >= 11 is 0. The number of nitrogen functional groups attached to an aromatic ring is 1. The third-order valence-electron chi connectivity index (χ3n) is 5.51. The van der Waals surface area contributed by atoms with E-state index in [1.54, 1.807) is 0 Å². The number of nitrogens with two attached hydrogens (primary N) is 1. The molecule has 2 heterocycles. The number of aliphatic hydroxyl groups excluding tert-OH is 1. The molecule has 1 aromatic heterocycles. The van der Waals surface area contributed by atoms with Crippen molar-refractivity contribution in [3.8, 4) is 11.3 Å². The number of ether oxygens (including phenoxy) is 1. The molecule has 1 atom stereocenters. The highest BCUT2D eigenvalue weighted by Gasteiger charge is 2.55. The highest BCUT2D eigenvalue weighted by Crippen LogP contribution is 2.41. The molecule has 1 unspecified atom stereocenters. The molecule has 1 saturated heterocycles. The van der Waals surface area contributed by atoms with Crippen LogP contribution in [0.15, 0.2) is 24.4 Å². The zero-order valence-electron chi connectivity index (χ0n) is 18.0. The fourth-order valence-corrected chi connectivity index (χ4v) is 3.53. The minimum atomic E-state index is -5.21. The van der Waals surface area contributed by atoms with E-state index in [-0.39, 0.29) is 34.4 Å². The molecule has 1 aliphatic rings. The van der Waals surface area contributed by atoms with E-state index in [1.807, 2.05) is 0 Å². The van der Waals surface area contributed by atoms with Gasteiger partial charge in [-0.2, -0.15) is 13.2 Å². The molecule has 0 bridgehead atoms. The normalized spacial score (nSPS) is 17.2. The number of alkyl halides is 3. The molecule has 1 aliphatic heterocycles. The number of carbonyl (C=O) groups excluding carboxylic acids is 1. The fraction of sp³-hybridized carbons (Fsp3) is 0.450. The first-order valence-corrected chi connectivity index (χ1v) is 10.2. The van der Waals surface area contributed by atoms with Gasteiger partial charge in [-0.1, -0.05) is 17.7 Å². The summed E-state index contributed by atoms with van der Waals surface area (Å²) in [6.07, 6.45) is -2.95. The Morgan fingerprint density at radius 1 is 1.24 bits per heavy atom. The van der Waals surface area contributed by atoms with Crippen LogP contribution >= 0.6 is 0 Å². The summed E-state index contributed by atoms with van der Waals surface area (Å²) in [5.74, 6) is -0.856. The monoisotopic (exact) mass is 470 g/mol. The fourth-order valence-electron chi connectivity index (χ4n) is 3.53. The van der Waals surface area contributed by atoms with Crippen LogP contribution < -0.4 is 11.1 Å². The average Bonchev–Trinajstić information content (AvgIpc) is 2.77. The molecule has 6 radical (unpaired) electrons. The van der Waals surface area contributed by atoms with Crippen LogP contribution in [0.4, 0.5) is 19.0 Å². The quantitative estimate of drug-likeness (QED) is 0.438. The molecule has 0 aliphatic carbocycles. The van der Waals surface area contributed by atoms with Crippen molar-refractivity contribution in [1.82, 2.24) is 15.3 Å². The van der Waals surface area contributed by atoms with E-state index in [4.69, 9.17) is 34.0 Å². The van der Waals surface area contributed by atoms with Gasteiger partial charge in [0.2, 0.25) is 5.60 Å². The predicted molar refractivity (Wildman–Crippen MR) is 119 cm³/mol. The van der Waals surface area contributed by atoms with Crippen molar-refractivity contribution in [2.45, 2.75) is 35.8 Å². The number of nitrogens with one attached hydrogen (secondary N) is 1. The molecule has 174 valence electrons. The maximum absolute atomic E-state index is 13.5. The number of aliphatic hydroxyl groups is 2. The van der Waals surface area contributed by atoms with Gasteiger partial charge in [0.15, 0.2) is 11.5 Å². The molecule has 34 heavy (non-hydrogen) atoms. The standard InChI is InChI=1S/C20H20B3F3N4O4/c21-19(22,23)13-2-1-10(18(33,9-31)20(24,25)26)7-12(13)14-8-28-16(27)15(30-14)17(32)29-11-3-5-34-6-4-11/h1-2,7-8,11,31,33H,3-6,9H2,(H2,27,28)(H,29,32). The van der Waals surface area contributed by atoms with Crippen LogP contribution in [0.5, 0.6) is 0 Å². The Balaban J connectivity index is 2.10. The number of carbonyl (C=O) groups is 1. The lowest BCUT2D eigenvalue weighted by molar-refractivity contribution is -0.277. The van der Waals surface area contributed by atoms with Gasteiger partial charge in [0.05, 0.1) is 42.0 Å². The first kappa shape index (κ1) is 26.0. The van der Waals surface area contributed by atoms with Crippen LogP contribution in [0, 0.1) is 0 Å². The molecule has 2 aromatic rings. The predicted octanol–water partition coefficient (Wildman–Crippen LogP) is -0.00740. The second kappa shape index (κ2) is 9.59. The van der Waals surface area contributed by atoms with Crippen molar-refractivity contribution >= 4 is 35.3 Å². The highest BCUT2D eigenvalue weighted by atomic mass is 19.4. The van der Waals surface area contributed by atoms with Crippen LogP contribution in [0.3, 0.4) is 0 Å². The van der Waals surface area contributed by atoms with Crippen molar-refractivity contribution in [2.24, 2.45) is 0 Å². The Hall–Kier alpha value is -2.57. The van der Waals surface area contributed by atoms with E-state index in [2.05, 4.69) is 15.3 Å². The zero-order valence-corrected chi connectivity index (χ0v) is 18.0. The van der Waals surface area contributed by atoms with E-state index < -0.39 is 35.0 Å². The van der Waals surface area contributed by atoms with Gasteiger partial charge < -0.3 is 26.0 Å². The number of benzene rings is 1. The summed E-state index contributed by atoms with van der Waals surface area (Å²) in [7, 11) is 17.3. The summed E-state index contributed by atoms with van der Waals surface area (Å²) in [5.41, 5.74) is 0.896. The molecule has 5 N–H and O–H groups in total. The van der Waals surface area contributed by atoms with Gasteiger partial charge in [0, 0.05) is 24.8 Å². The maximum Gasteiger partial charge on any atom is 0.423 e. The van der Waals surface area contributed by atoms with Gasteiger partial charge in [-0.15, -0.1) is 5.11 Å². The van der Waals surface area contributed by atoms with Crippen LogP contribution in [0.1, 0.15) is 34.5 Å². The van der Waals surface area contributed by atoms with Gasteiger partial charge in [0.25, 0.3) is 5.91 Å². The lowest BCUT2D eigenvalue weighted by atomic mass is 9.39. The third-order valence-corrected chi connectivity index (χ3v) is 5.51. The van der Waals surface area contributed by atoms with Crippen molar-refractivity contribution in [3.63, 3.8) is 0 Å². The molecule has 0 spiro atoms. The Labute approximate surface area is 197 Å². The molecule has 3 rings (SSSR count). The number of hydrogen-bond donors (Lipinski definition) is 4. The van der Waals surface area contributed by atoms with Crippen LogP contribution in [-0.2, 0) is 15.5 Å². The second-order valence-electron chi connectivity index (χ2n) is 8.06. The molecular weight excluding hydrogens is 450 g/mol. The lowest BCUT2D eigenvalue weighted by Gasteiger charge is -2.31.